The molecule has 1 heterocycles. The first kappa shape index (κ1) is 12.7. The Bertz CT molecular complexity index is 607. The summed E-state index contributed by atoms with van der Waals surface area (Å²) >= 11 is 0. The molecule has 7 heteroatoms. The van der Waals surface area contributed by atoms with Crippen molar-refractivity contribution in [3.05, 3.63) is 53.2 Å². The fraction of sp³-hybridized carbons (Fsp3) is 0.0833. The lowest BCUT2D eigenvalue weighted by Crippen LogP contribution is -2.41. The molecule has 1 aromatic carbocycles. The Morgan fingerprint density at radius 2 is 1.79 bits per heavy atom. The van der Waals surface area contributed by atoms with Crippen molar-refractivity contribution in [3.8, 4) is 0 Å². The summed E-state index contributed by atoms with van der Waals surface area (Å²) in [5.74, 6) is -1.13. The van der Waals surface area contributed by atoms with Gasteiger partial charge in [-0.1, -0.05) is 5.16 Å². The highest BCUT2D eigenvalue weighted by Crippen LogP contribution is 2.03. The quantitative estimate of drug-likeness (QED) is 0.797. The van der Waals surface area contributed by atoms with Gasteiger partial charge in [0.2, 0.25) is 0 Å². The van der Waals surface area contributed by atoms with Crippen LogP contribution in [-0.2, 0) is 0 Å². The Hall–Kier alpha value is -2.70. The maximum atomic E-state index is 12.7. The first-order valence-electron chi connectivity index (χ1n) is 5.36. The van der Waals surface area contributed by atoms with Crippen molar-refractivity contribution in [1.82, 2.24) is 16.0 Å². The zero-order valence-electron chi connectivity index (χ0n) is 9.94. The van der Waals surface area contributed by atoms with Crippen LogP contribution in [0.1, 0.15) is 26.6 Å². The Kier molecular flexibility index (Phi) is 3.56. The minimum absolute atomic E-state index is 0.0527. The van der Waals surface area contributed by atoms with Gasteiger partial charge in [-0.05, 0) is 31.2 Å². The Labute approximate surface area is 107 Å². The molecule has 0 aliphatic heterocycles. The van der Waals surface area contributed by atoms with Crippen LogP contribution in [0.5, 0.6) is 0 Å². The van der Waals surface area contributed by atoms with Crippen LogP contribution in [0.4, 0.5) is 4.39 Å². The second-order valence-electron chi connectivity index (χ2n) is 3.74. The van der Waals surface area contributed by atoms with E-state index >= 15 is 0 Å². The molecule has 0 saturated heterocycles. The molecule has 2 aromatic rings. The van der Waals surface area contributed by atoms with Gasteiger partial charge in [-0.3, -0.25) is 20.4 Å². The lowest BCUT2D eigenvalue weighted by molar-refractivity contribution is 0.0841. The SMILES string of the molecule is Cc1cc(C(=O)NNC(=O)c2ccc(F)cc2)no1. The maximum Gasteiger partial charge on any atom is 0.291 e. The van der Waals surface area contributed by atoms with Gasteiger partial charge in [-0.2, -0.15) is 0 Å². The normalized spacial score (nSPS) is 10.0. The summed E-state index contributed by atoms with van der Waals surface area (Å²) < 4.78 is 17.4. The fourth-order valence-electron chi connectivity index (χ4n) is 1.32. The molecule has 1 aromatic heterocycles. The molecule has 0 aliphatic carbocycles. The monoisotopic (exact) mass is 263 g/mol. The van der Waals surface area contributed by atoms with E-state index in [9.17, 15) is 14.0 Å². The van der Waals surface area contributed by atoms with Crippen molar-refractivity contribution in [3.63, 3.8) is 0 Å². The van der Waals surface area contributed by atoms with Crippen molar-refractivity contribution < 1.29 is 18.5 Å². The maximum absolute atomic E-state index is 12.7. The van der Waals surface area contributed by atoms with E-state index in [2.05, 4.69) is 16.0 Å². The van der Waals surface area contributed by atoms with Crippen LogP contribution in [0.2, 0.25) is 0 Å². The Morgan fingerprint density at radius 3 is 2.37 bits per heavy atom. The number of carbonyl (C=O) groups excluding carboxylic acids is 2. The minimum atomic E-state index is -0.604. The van der Waals surface area contributed by atoms with E-state index in [0.29, 0.717) is 5.76 Å². The van der Waals surface area contributed by atoms with Crippen LogP contribution >= 0.6 is 0 Å². The van der Waals surface area contributed by atoms with Crippen LogP contribution in [0.3, 0.4) is 0 Å². The predicted molar refractivity (Wildman–Crippen MR) is 62.6 cm³/mol. The number of hydrogen-bond donors (Lipinski definition) is 2. The number of aromatic nitrogens is 1. The first-order chi connectivity index (χ1) is 9.06. The summed E-state index contributed by atoms with van der Waals surface area (Å²) in [5.41, 5.74) is 4.63. The van der Waals surface area contributed by atoms with E-state index in [-0.39, 0.29) is 11.3 Å². The van der Waals surface area contributed by atoms with Crippen LogP contribution in [0.25, 0.3) is 0 Å². The number of carbonyl (C=O) groups is 2. The smallest absolute Gasteiger partial charge is 0.291 e. The summed E-state index contributed by atoms with van der Waals surface area (Å²) in [6, 6.07) is 6.34. The summed E-state index contributed by atoms with van der Waals surface area (Å²) in [5, 5.41) is 3.49. The summed E-state index contributed by atoms with van der Waals surface area (Å²) in [6.45, 7) is 1.64. The third kappa shape index (κ3) is 3.15. The molecular weight excluding hydrogens is 253 g/mol. The third-order valence-electron chi connectivity index (χ3n) is 2.26. The van der Waals surface area contributed by atoms with Gasteiger partial charge in [0.05, 0.1) is 0 Å². The van der Waals surface area contributed by atoms with E-state index in [0.717, 1.165) is 12.1 Å². The molecule has 98 valence electrons. The molecule has 2 amide bonds. The third-order valence-corrected chi connectivity index (χ3v) is 2.26. The number of hydrazine groups is 1. The van der Waals surface area contributed by atoms with E-state index in [1.54, 1.807) is 6.92 Å². The van der Waals surface area contributed by atoms with Gasteiger partial charge in [-0.25, -0.2) is 4.39 Å². The highest BCUT2D eigenvalue weighted by Gasteiger charge is 2.12. The summed E-state index contributed by atoms with van der Waals surface area (Å²) in [4.78, 5) is 23.1. The van der Waals surface area contributed by atoms with Gasteiger partial charge in [0.15, 0.2) is 5.69 Å². The highest BCUT2D eigenvalue weighted by atomic mass is 19.1. The molecule has 0 spiro atoms. The molecular formula is C12H10FN3O3. The van der Waals surface area contributed by atoms with Gasteiger partial charge in [0.25, 0.3) is 11.8 Å². The van der Waals surface area contributed by atoms with Gasteiger partial charge < -0.3 is 4.52 Å². The van der Waals surface area contributed by atoms with Gasteiger partial charge in [0, 0.05) is 11.6 Å². The van der Waals surface area contributed by atoms with Crippen molar-refractivity contribution in [2.24, 2.45) is 0 Å². The molecule has 19 heavy (non-hydrogen) atoms. The van der Waals surface area contributed by atoms with Crippen LogP contribution in [-0.4, -0.2) is 17.0 Å². The standard InChI is InChI=1S/C12H10FN3O3/c1-7-6-10(16-19-7)12(18)15-14-11(17)8-2-4-9(13)5-3-8/h2-6H,1H3,(H,14,17)(H,15,18). The van der Waals surface area contributed by atoms with Gasteiger partial charge in [0.1, 0.15) is 11.6 Å². The molecule has 0 aliphatic rings. The summed E-state index contributed by atoms with van der Waals surface area (Å²) in [7, 11) is 0. The highest BCUT2D eigenvalue weighted by molar-refractivity contribution is 5.98. The molecule has 0 fully saturated rings. The lowest BCUT2D eigenvalue weighted by atomic mass is 10.2. The average Bonchev–Trinajstić information content (AvgIpc) is 2.83. The van der Waals surface area contributed by atoms with Crippen LogP contribution in [0.15, 0.2) is 34.9 Å². The topological polar surface area (TPSA) is 84.2 Å². The predicted octanol–water partition coefficient (Wildman–Crippen LogP) is 1.20. The van der Waals surface area contributed by atoms with E-state index < -0.39 is 17.6 Å². The van der Waals surface area contributed by atoms with Crippen molar-refractivity contribution in [1.29, 1.82) is 0 Å². The van der Waals surface area contributed by atoms with Gasteiger partial charge in [-0.15, -0.1) is 0 Å². The number of aryl methyl sites for hydroxylation is 1. The van der Waals surface area contributed by atoms with Crippen molar-refractivity contribution in [2.45, 2.75) is 6.92 Å². The number of hydrogen-bond acceptors (Lipinski definition) is 4. The average molecular weight is 263 g/mol. The molecule has 0 atom stereocenters. The minimum Gasteiger partial charge on any atom is -0.361 e. The number of halogens is 1. The molecule has 6 nitrogen and oxygen atoms in total. The molecule has 0 bridgehead atoms. The fourth-order valence-corrected chi connectivity index (χ4v) is 1.32. The number of rotatable bonds is 2. The van der Waals surface area contributed by atoms with Crippen LogP contribution < -0.4 is 10.9 Å². The number of nitrogens with zero attached hydrogens (tertiary/aromatic N) is 1. The molecule has 0 saturated carbocycles. The van der Waals surface area contributed by atoms with E-state index in [4.69, 9.17) is 4.52 Å². The Balaban J connectivity index is 1.93. The Morgan fingerprint density at radius 1 is 1.16 bits per heavy atom. The largest absolute Gasteiger partial charge is 0.361 e. The van der Waals surface area contributed by atoms with Crippen molar-refractivity contribution >= 4 is 11.8 Å². The van der Waals surface area contributed by atoms with E-state index in [1.807, 2.05) is 0 Å². The van der Waals surface area contributed by atoms with Crippen LogP contribution in [0, 0.1) is 12.7 Å². The molecule has 2 N–H and O–H groups in total. The molecule has 0 radical (unpaired) electrons. The summed E-state index contributed by atoms with van der Waals surface area (Å²) in [6.07, 6.45) is 0. The second-order valence-corrected chi connectivity index (χ2v) is 3.74. The zero-order valence-corrected chi connectivity index (χ0v) is 9.94. The molecule has 2 rings (SSSR count). The van der Waals surface area contributed by atoms with E-state index in [1.165, 1.54) is 18.2 Å². The number of benzene rings is 1. The molecule has 0 unspecified atom stereocenters. The number of amides is 2. The lowest BCUT2D eigenvalue weighted by Gasteiger charge is -2.05. The van der Waals surface area contributed by atoms with Crippen molar-refractivity contribution in [2.75, 3.05) is 0 Å². The zero-order chi connectivity index (χ0) is 13.8. The van der Waals surface area contributed by atoms with Gasteiger partial charge >= 0.3 is 0 Å². The number of nitrogens with one attached hydrogen (secondary N) is 2. The second kappa shape index (κ2) is 5.30. The first-order valence-corrected chi connectivity index (χ1v) is 5.36.